The van der Waals surface area contributed by atoms with Crippen LogP contribution in [0, 0.1) is 5.92 Å². The molecule has 0 aromatic carbocycles. The van der Waals surface area contributed by atoms with Gasteiger partial charge in [0.1, 0.15) is 0 Å². The molecule has 0 spiro atoms. The molecule has 0 aliphatic rings. The third-order valence-electron chi connectivity index (χ3n) is 1.28. The van der Waals surface area contributed by atoms with E-state index in [1.165, 1.54) is 19.3 Å². The third kappa shape index (κ3) is 7.10. The van der Waals surface area contributed by atoms with Crippen LogP contribution in [0.1, 0.15) is 40.0 Å². The number of rotatable bonds is 3. The van der Waals surface area contributed by atoms with Crippen LogP contribution in [0.15, 0.2) is 0 Å². The molecule has 0 bridgehead atoms. The Kier molecular flexibility index (Phi) is 12.0. The van der Waals surface area contributed by atoms with Gasteiger partial charge in [0.2, 0.25) is 0 Å². The van der Waals surface area contributed by atoms with Gasteiger partial charge in [-0.15, -0.1) is 0 Å². The van der Waals surface area contributed by atoms with Crippen molar-refractivity contribution in [1.29, 1.82) is 0 Å². The maximum atomic E-state index is 2.23. The zero-order valence-electron chi connectivity index (χ0n) is 6.20. The first-order chi connectivity index (χ1) is 3.31. The molecule has 0 fully saturated rings. The molecule has 0 amide bonds. The average Bonchev–Trinajstić information content (AvgIpc) is 1.68. The van der Waals surface area contributed by atoms with Gasteiger partial charge >= 0.3 is 0 Å². The van der Waals surface area contributed by atoms with Gasteiger partial charge < -0.3 is 5.92 Å². The Morgan fingerprint density at radius 3 is 1.88 bits per heavy atom. The standard InChI is InChI=1S/C7H15.Y/c1-4-6-7(3)5-2;/h4-6H2,1-3H3;/q-1;. The van der Waals surface area contributed by atoms with E-state index in [4.69, 9.17) is 0 Å². The minimum atomic E-state index is 0. The predicted octanol–water partition coefficient (Wildman–Crippen LogP) is 2.79. The van der Waals surface area contributed by atoms with Gasteiger partial charge in [0, 0.05) is 32.7 Å². The van der Waals surface area contributed by atoms with E-state index in [0.29, 0.717) is 0 Å². The fraction of sp³-hybridized carbons (Fsp3) is 0.857. The SMILES string of the molecule is CCC[C-](C)CC.[Y]. The van der Waals surface area contributed by atoms with Crippen molar-refractivity contribution in [3.05, 3.63) is 5.92 Å². The van der Waals surface area contributed by atoms with E-state index in [-0.39, 0.29) is 32.7 Å². The van der Waals surface area contributed by atoms with Crippen molar-refractivity contribution in [3.63, 3.8) is 0 Å². The second kappa shape index (κ2) is 8.10. The molecule has 0 nitrogen and oxygen atoms in total. The number of hydrogen-bond acceptors (Lipinski definition) is 0. The molecule has 1 heteroatoms. The van der Waals surface area contributed by atoms with Crippen LogP contribution in [-0.2, 0) is 32.7 Å². The first-order valence-electron chi connectivity index (χ1n) is 3.12. The van der Waals surface area contributed by atoms with Gasteiger partial charge in [0.15, 0.2) is 0 Å². The van der Waals surface area contributed by atoms with Crippen LogP contribution in [0.3, 0.4) is 0 Å². The quantitative estimate of drug-likeness (QED) is 0.597. The summed E-state index contributed by atoms with van der Waals surface area (Å²) in [6, 6.07) is 0. The van der Waals surface area contributed by atoms with Crippen molar-refractivity contribution in [1.82, 2.24) is 0 Å². The Morgan fingerprint density at radius 2 is 1.75 bits per heavy atom. The second-order valence-corrected chi connectivity index (χ2v) is 2.06. The molecule has 0 N–H and O–H groups in total. The molecule has 0 aliphatic heterocycles. The van der Waals surface area contributed by atoms with E-state index in [2.05, 4.69) is 20.8 Å². The zero-order chi connectivity index (χ0) is 5.70. The summed E-state index contributed by atoms with van der Waals surface area (Å²) in [7, 11) is 0. The van der Waals surface area contributed by atoms with Crippen LogP contribution in [-0.4, -0.2) is 0 Å². The van der Waals surface area contributed by atoms with Gasteiger partial charge in [0.25, 0.3) is 0 Å². The van der Waals surface area contributed by atoms with Gasteiger partial charge in [-0.05, 0) is 0 Å². The van der Waals surface area contributed by atoms with Crippen LogP contribution >= 0.6 is 0 Å². The topological polar surface area (TPSA) is 0 Å². The van der Waals surface area contributed by atoms with Gasteiger partial charge in [-0.3, -0.25) is 0 Å². The summed E-state index contributed by atoms with van der Waals surface area (Å²) in [4.78, 5) is 0. The molecule has 0 aromatic heterocycles. The van der Waals surface area contributed by atoms with E-state index in [9.17, 15) is 0 Å². The van der Waals surface area contributed by atoms with Crippen LogP contribution in [0.2, 0.25) is 0 Å². The van der Waals surface area contributed by atoms with Crippen LogP contribution < -0.4 is 0 Å². The molecule has 0 aliphatic carbocycles. The van der Waals surface area contributed by atoms with E-state index in [1.807, 2.05) is 0 Å². The summed E-state index contributed by atoms with van der Waals surface area (Å²) in [5.41, 5.74) is 0. The smallest absolute Gasteiger partial charge is 0 e. The van der Waals surface area contributed by atoms with E-state index in [0.717, 1.165) is 0 Å². The molecular weight excluding hydrogens is 173 g/mol. The van der Waals surface area contributed by atoms with E-state index >= 15 is 0 Å². The molecular formula is C7H15Y-. The zero-order valence-corrected chi connectivity index (χ0v) is 9.04. The molecule has 0 saturated heterocycles. The second-order valence-electron chi connectivity index (χ2n) is 2.06. The Morgan fingerprint density at radius 1 is 1.25 bits per heavy atom. The van der Waals surface area contributed by atoms with Crippen molar-refractivity contribution >= 4 is 0 Å². The molecule has 0 atom stereocenters. The Balaban J connectivity index is 0. The van der Waals surface area contributed by atoms with Crippen LogP contribution in [0.5, 0.6) is 0 Å². The summed E-state index contributed by atoms with van der Waals surface area (Å²) < 4.78 is 0. The minimum Gasteiger partial charge on any atom is -0.317 e. The fourth-order valence-electron chi connectivity index (χ4n) is 0.604. The minimum absolute atomic E-state index is 0. The predicted molar refractivity (Wildman–Crippen MR) is 34.1 cm³/mol. The molecule has 8 heavy (non-hydrogen) atoms. The molecule has 0 rings (SSSR count). The van der Waals surface area contributed by atoms with E-state index < -0.39 is 0 Å². The van der Waals surface area contributed by atoms with Crippen molar-refractivity contribution in [2.45, 2.75) is 40.0 Å². The molecule has 47 valence electrons. The largest absolute Gasteiger partial charge is 0.317 e. The molecule has 0 saturated carbocycles. The maximum absolute atomic E-state index is 2.23. The van der Waals surface area contributed by atoms with Crippen LogP contribution in [0.4, 0.5) is 0 Å². The van der Waals surface area contributed by atoms with Crippen LogP contribution in [0.25, 0.3) is 0 Å². The summed E-state index contributed by atoms with van der Waals surface area (Å²) in [5.74, 6) is 1.63. The molecule has 0 heterocycles. The van der Waals surface area contributed by atoms with Gasteiger partial charge in [-0.25, -0.2) is 0 Å². The molecule has 0 aromatic rings. The van der Waals surface area contributed by atoms with Gasteiger partial charge in [-0.2, -0.15) is 19.8 Å². The maximum Gasteiger partial charge on any atom is 0 e. The first kappa shape index (κ1) is 11.8. The molecule has 0 unspecified atom stereocenters. The Hall–Kier alpha value is 1.10. The molecule has 1 radical (unpaired) electrons. The normalized spacial score (nSPS) is 9.00. The Labute approximate surface area is 78.3 Å². The Bertz CT molecular complexity index is 35.4. The number of hydrogen-bond donors (Lipinski definition) is 0. The van der Waals surface area contributed by atoms with Gasteiger partial charge in [0.05, 0.1) is 0 Å². The fourth-order valence-corrected chi connectivity index (χ4v) is 0.604. The van der Waals surface area contributed by atoms with Gasteiger partial charge in [-0.1, -0.05) is 20.3 Å². The summed E-state index contributed by atoms with van der Waals surface area (Å²) in [6.07, 6.45) is 3.88. The van der Waals surface area contributed by atoms with Crippen molar-refractivity contribution < 1.29 is 32.7 Å². The monoisotopic (exact) mass is 188 g/mol. The summed E-state index contributed by atoms with van der Waals surface area (Å²) in [5, 5.41) is 0. The first-order valence-corrected chi connectivity index (χ1v) is 3.12. The summed E-state index contributed by atoms with van der Waals surface area (Å²) in [6.45, 7) is 6.66. The summed E-state index contributed by atoms with van der Waals surface area (Å²) >= 11 is 0. The third-order valence-corrected chi connectivity index (χ3v) is 1.28. The van der Waals surface area contributed by atoms with E-state index in [1.54, 1.807) is 5.92 Å². The van der Waals surface area contributed by atoms with Crippen molar-refractivity contribution in [2.24, 2.45) is 0 Å². The van der Waals surface area contributed by atoms with Crippen molar-refractivity contribution in [3.8, 4) is 0 Å². The average molecular weight is 188 g/mol. The van der Waals surface area contributed by atoms with Crippen molar-refractivity contribution in [2.75, 3.05) is 0 Å².